The predicted octanol–water partition coefficient (Wildman–Crippen LogP) is 2.66. The Morgan fingerprint density at radius 2 is 2.24 bits per heavy atom. The van der Waals surface area contributed by atoms with E-state index in [9.17, 15) is 14.9 Å². The van der Waals surface area contributed by atoms with E-state index >= 15 is 0 Å². The van der Waals surface area contributed by atoms with Crippen LogP contribution in [-0.2, 0) is 0 Å². The molecule has 1 unspecified atom stereocenters. The molecular formula is C15H20N2O4. The molecular weight excluding hydrogens is 272 g/mol. The van der Waals surface area contributed by atoms with Crippen molar-refractivity contribution in [3.05, 3.63) is 33.9 Å². The molecule has 0 bridgehead atoms. The van der Waals surface area contributed by atoms with E-state index in [1.807, 2.05) is 0 Å². The van der Waals surface area contributed by atoms with Gasteiger partial charge in [-0.3, -0.25) is 14.9 Å². The van der Waals surface area contributed by atoms with Crippen molar-refractivity contribution >= 4 is 11.5 Å². The molecule has 2 rings (SSSR count). The van der Waals surface area contributed by atoms with Crippen LogP contribution >= 0.6 is 0 Å². The number of carbonyl (C=O) groups excluding carboxylic acids is 1. The van der Waals surface area contributed by atoms with E-state index in [1.165, 1.54) is 31.9 Å². The van der Waals surface area contributed by atoms with Gasteiger partial charge in [0.25, 0.3) is 5.69 Å². The van der Waals surface area contributed by atoms with E-state index in [4.69, 9.17) is 4.74 Å². The standard InChI is InChI=1S/C15H20N2O4/c1-11(18)14-7-6-13(9-15(14)17(19)20)21-10-12-5-3-4-8-16(12)2/h6-7,9,12H,3-5,8,10H2,1-2H3. The normalized spacial score (nSPS) is 19.2. The number of nitro groups is 1. The van der Waals surface area contributed by atoms with Crippen LogP contribution in [0.2, 0.25) is 0 Å². The molecule has 0 amide bonds. The molecule has 1 atom stereocenters. The minimum Gasteiger partial charge on any atom is -0.492 e. The number of Topliss-reactive ketones (excluding diaryl/α,β-unsaturated/α-hetero) is 1. The number of hydrogen-bond donors (Lipinski definition) is 0. The Hall–Kier alpha value is -1.95. The lowest BCUT2D eigenvalue weighted by molar-refractivity contribution is -0.385. The summed E-state index contributed by atoms with van der Waals surface area (Å²) in [6.45, 7) is 2.88. The molecule has 21 heavy (non-hydrogen) atoms. The number of nitrogens with zero attached hydrogens (tertiary/aromatic N) is 2. The van der Waals surface area contributed by atoms with Crippen molar-refractivity contribution in [1.29, 1.82) is 0 Å². The summed E-state index contributed by atoms with van der Waals surface area (Å²) in [5, 5.41) is 11.0. The third-order valence-corrected chi connectivity index (χ3v) is 3.91. The van der Waals surface area contributed by atoms with Crippen molar-refractivity contribution in [2.24, 2.45) is 0 Å². The molecule has 0 aliphatic carbocycles. The number of likely N-dealkylation sites (N-methyl/N-ethyl adjacent to an activating group) is 1. The fraction of sp³-hybridized carbons (Fsp3) is 0.533. The van der Waals surface area contributed by atoms with Crippen LogP contribution in [0.4, 0.5) is 5.69 Å². The van der Waals surface area contributed by atoms with Gasteiger partial charge in [0.1, 0.15) is 12.4 Å². The third-order valence-electron chi connectivity index (χ3n) is 3.91. The number of ether oxygens (including phenoxy) is 1. The third kappa shape index (κ3) is 3.78. The Morgan fingerprint density at radius 1 is 1.48 bits per heavy atom. The maximum Gasteiger partial charge on any atom is 0.283 e. The zero-order valence-corrected chi connectivity index (χ0v) is 12.4. The molecule has 0 N–H and O–H groups in total. The Kier molecular flexibility index (Phi) is 4.90. The lowest BCUT2D eigenvalue weighted by atomic mass is 10.0. The van der Waals surface area contributed by atoms with Crippen LogP contribution < -0.4 is 4.74 Å². The summed E-state index contributed by atoms with van der Waals surface area (Å²) in [6, 6.07) is 4.75. The Bertz CT molecular complexity index is 544. The van der Waals surface area contributed by atoms with Crippen LogP contribution in [0.5, 0.6) is 5.75 Å². The van der Waals surface area contributed by atoms with Crippen LogP contribution in [-0.4, -0.2) is 41.8 Å². The van der Waals surface area contributed by atoms with Gasteiger partial charge in [0.15, 0.2) is 5.78 Å². The van der Waals surface area contributed by atoms with E-state index < -0.39 is 4.92 Å². The number of nitro benzene ring substituents is 1. The van der Waals surface area contributed by atoms with E-state index in [2.05, 4.69) is 11.9 Å². The van der Waals surface area contributed by atoms with Gasteiger partial charge in [-0.25, -0.2) is 0 Å². The average Bonchev–Trinajstić information content (AvgIpc) is 2.46. The highest BCUT2D eigenvalue weighted by atomic mass is 16.6. The van der Waals surface area contributed by atoms with Gasteiger partial charge in [-0.15, -0.1) is 0 Å². The van der Waals surface area contributed by atoms with Crippen molar-refractivity contribution in [3.8, 4) is 5.75 Å². The number of likely N-dealkylation sites (tertiary alicyclic amines) is 1. The number of carbonyl (C=O) groups is 1. The largest absolute Gasteiger partial charge is 0.492 e. The molecule has 1 heterocycles. The summed E-state index contributed by atoms with van der Waals surface area (Å²) < 4.78 is 5.68. The Morgan fingerprint density at radius 3 is 2.86 bits per heavy atom. The van der Waals surface area contributed by atoms with Crippen LogP contribution in [0.3, 0.4) is 0 Å². The van der Waals surface area contributed by atoms with Gasteiger partial charge >= 0.3 is 0 Å². The zero-order chi connectivity index (χ0) is 15.4. The van der Waals surface area contributed by atoms with Crippen molar-refractivity contribution in [2.45, 2.75) is 32.2 Å². The highest BCUT2D eigenvalue weighted by molar-refractivity contribution is 5.98. The number of ketones is 1. The average molecular weight is 292 g/mol. The molecule has 1 aromatic carbocycles. The lowest BCUT2D eigenvalue weighted by Gasteiger charge is -2.32. The summed E-state index contributed by atoms with van der Waals surface area (Å²) >= 11 is 0. The van der Waals surface area contributed by atoms with Gasteiger partial charge < -0.3 is 9.64 Å². The fourth-order valence-corrected chi connectivity index (χ4v) is 2.60. The first-order chi connectivity index (χ1) is 9.99. The summed E-state index contributed by atoms with van der Waals surface area (Å²) in [7, 11) is 2.06. The minimum absolute atomic E-state index is 0.113. The van der Waals surface area contributed by atoms with Crippen molar-refractivity contribution in [1.82, 2.24) is 4.90 Å². The molecule has 1 aromatic rings. The SMILES string of the molecule is CC(=O)c1ccc(OCC2CCCCN2C)cc1[N+](=O)[O-]. The molecule has 0 aromatic heterocycles. The maximum absolute atomic E-state index is 11.4. The minimum atomic E-state index is -0.545. The molecule has 6 nitrogen and oxygen atoms in total. The smallest absolute Gasteiger partial charge is 0.283 e. The van der Waals surface area contributed by atoms with E-state index in [-0.39, 0.29) is 17.0 Å². The van der Waals surface area contributed by atoms with Gasteiger partial charge in [0.2, 0.25) is 0 Å². The summed E-state index contributed by atoms with van der Waals surface area (Å²) in [6.07, 6.45) is 3.46. The molecule has 6 heteroatoms. The van der Waals surface area contributed by atoms with E-state index in [0.29, 0.717) is 18.4 Å². The quantitative estimate of drug-likeness (QED) is 0.474. The molecule has 0 saturated carbocycles. The van der Waals surface area contributed by atoms with Gasteiger partial charge in [-0.05, 0) is 45.5 Å². The highest BCUT2D eigenvalue weighted by Gasteiger charge is 2.21. The molecule has 0 spiro atoms. The van der Waals surface area contributed by atoms with E-state index in [1.54, 1.807) is 6.07 Å². The van der Waals surface area contributed by atoms with Gasteiger partial charge in [0.05, 0.1) is 16.6 Å². The lowest BCUT2D eigenvalue weighted by Crippen LogP contribution is -2.40. The van der Waals surface area contributed by atoms with Gasteiger partial charge in [0, 0.05) is 6.04 Å². The first-order valence-corrected chi connectivity index (χ1v) is 7.11. The molecule has 1 aliphatic rings. The number of rotatable bonds is 5. The summed E-state index contributed by atoms with van der Waals surface area (Å²) in [4.78, 5) is 24.1. The zero-order valence-electron chi connectivity index (χ0n) is 12.4. The number of hydrogen-bond acceptors (Lipinski definition) is 5. The summed E-state index contributed by atoms with van der Waals surface area (Å²) in [5.74, 6) is 0.117. The Balaban J connectivity index is 2.08. The maximum atomic E-state index is 11.4. The monoisotopic (exact) mass is 292 g/mol. The Labute approximate surface area is 123 Å². The van der Waals surface area contributed by atoms with E-state index in [0.717, 1.165) is 13.0 Å². The highest BCUT2D eigenvalue weighted by Crippen LogP contribution is 2.26. The molecule has 114 valence electrons. The number of benzene rings is 1. The second-order valence-electron chi connectivity index (χ2n) is 5.43. The molecule has 1 aliphatic heterocycles. The molecule has 1 saturated heterocycles. The van der Waals surface area contributed by atoms with Gasteiger partial charge in [-0.1, -0.05) is 6.42 Å². The fourth-order valence-electron chi connectivity index (χ4n) is 2.60. The molecule has 1 fully saturated rings. The first kappa shape index (κ1) is 15.4. The van der Waals surface area contributed by atoms with Crippen molar-refractivity contribution < 1.29 is 14.5 Å². The van der Waals surface area contributed by atoms with Gasteiger partial charge in [-0.2, -0.15) is 0 Å². The van der Waals surface area contributed by atoms with Crippen LogP contribution in [0.25, 0.3) is 0 Å². The second-order valence-corrected chi connectivity index (χ2v) is 5.43. The first-order valence-electron chi connectivity index (χ1n) is 7.11. The van der Waals surface area contributed by atoms with Crippen molar-refractivity contribution in [3.63, 3.8) is 0 Å². The van der Waals surface area contributed by atoms with Crippen LogP contribution in [0.15, 0.2) is 18.2 Å². The predicted molar refractivity (Wildman–Crippen MR) is 78.9 cm³/mol. The molecule has 0 radical (unpaired) electrons. The van der Waals surface area contributed by atoms with Crippen molar-refractivity contribution in [2.75, 3.05) is 20.2 Å². The number of piperidine rings is 1. The van der Waals surface area contributed by atoms with Crippen LogP contribution in [0, 0.1) is 10.1 Å². The topological polar surface area (TPSA) is 72.7 Å². The summed E-state index contributed by atoms with van der Waals surface area (Å²) in [5.41, 5.74) is -0.0841. The second kappa shape index (κ2) is 6.67. The van der Waals surface area contributed by atoms with Crippen LogP contribution in [0.1, 0.15) is 36.5 Å².